The summed E-state index contributed by atoms with van der Waals surface area (Å²) >= 11 is 0. The van der Waals surface area contributed by atoms with Crippen molar-refractivity contribution in [1.29, 1.82) is 0 Å². The average Bonchev–Trinajstić information content (AvgIpc) is 2.86. The first-order chi connectivity index (χ1) is 14.9. The Hall–Kier alpha value is -3.95. The number of carboxylic acid groups (broad SMARTS) is 1. The predicted molar refractivity (Wildman–Crippen MR) is 113 cm³/mol. The number of pyridine rings is 1. The smallest absolute Gasteiger partial charge is 0.305 e. The number of carbonyl (C=O) groups is 4. The Balaban J connectivity index is 1.68. The fourth-order valence-electron chi connectivity index (χ4n) is 3.12. The first-order valence-corrected chi connectivity index (χ1v) is 9.71. The molecule has 2 heterocycles. The summed E-state index contributed by atoms with van der Waals surface area (Å²) in [5.74, 6) is -1.50. The molecular formula is C21H23N5O5. The molecule has 0 radical (unpaired) electrons. The Labute approximate surface area is 178 Å². The van der Waals surface area contributed by atoms with Crippen LogP contribution < -0.4 is 15.5 Å². The van der Waals surface area contributed by atoms with Crippen LogP contribution in [-0.4, -0.2) is 71.9 Å². The zero-order chi connectivity index (χ0) is 22.4. The number of amides is 3. The molecule has 1 aliphatic rings. The molecule has 3 rings (SSSR count). The second kappa shape index (κ2) is 9.70. The molecular weight excluding hydrogens is 402 g/mol. The molecule has 0 bridgehead atoms. The van der Waals surface area contributed by atoms with Crippen LogP contribution >= 0.6 is 0 Å². The number of fused-ring (bicyclic) bond motifs is 1. The highest BCUT2D eigenvalue weighted by Crippen LogP contribution is 2.26. The largest absolute Gasteiger partial charge is 0.481 e. The molecule has 0 aliphatic carbocycles. The van der Waals surface area contributed by atoms with Gasteiger partial charge in [0.2, 0.25) is 5.91 Å². The molecule has 1 aliphatic heterocycles. The first-order valence-electron chi connectivity index (χ1n) is 9.71. The van der Waals surface area contributed by atoms with E-state index in [1.165, 1.54) is 35.0 Å². The van der Waals surface area contributed by atoms with Crippen LogP contribution in [0.15, 0.2) is 42.6 Å². The highest BCUT2D eigenvalue weighted by atomic mass is 16.4. The number of likely N-dealkylation sites (N-methyl/N-ethyl adjacent to an activating group) is 1. The lowest BCUT2D eigenvalue weighted by Gasteiger charge is -2.18. The highest BCUT2D eigenvalue weighted by Gasteiger charge is 2.30. The van der Waals surface area contributed by atoms with E-state index in [9.17, 15) is 19.2 Å². The molecule has 0 unspecified atom stereocenters. The van der Waals surface area contributed by atoms with Crippen molar-refractivity contribution in [3.05, 3.63) is 53.7 Å². The van der Waals surface area contributed by atoms with Gasteiger partial charge in [-0.3, -0.25) is 19.2 Å². The van der Waals surface area contributed by atoms with Crippen molar-refractivity contribution in [2.75, 3.05) is 43.4 Å². The van der Waals surface area contributed by atoms with Crippen molar-refractivity contribution >= 4 is 35.2 Å². The molecule has 0 saturated heterocycles. The minimum absolute atomic E-state index is 0.0707. The molecule has 0 fully saturated rings. The molecule has 3 N–H and O–H groups in total. The molecule has 3 amide bonds. The zero-order valence-electron chi connectivity index (χ0n) is 17.0. The predicted octanol–water partition coefficient (Wildman–Crippen LogP) is 0.817. The Morgan fingerprint density at radius 1 is 1.16 bits per heavy atom. The van der Waals surface area contributed by atoms with E-state index in [0.29, 0.717) is 30.2 Å². The van der Waals surface area contributed by atoms with E-state index in [1.54, 1.807) is 6.20 Å². The summed E-state index contributed by atoms with van der Waals surface area (Å²) in [6.45, 7) is 0.531. The lowest BCUT2D eigenvalue weighted by Crippen LogP contribution is -2.38. The van der Waals surface area contributed by atoms with Crippen molar-refractivity contribution in [3.8, 4) is 0 Å². The van der Waals surface area contributed by atoms with Gasteiger partial charge in [-0.25, -0.2) is 4.98 Å². The summed E-state index contributed by atoms with van der Waals surface area (Å²) < 4.78 is 0. The van der Waals surface area contributed by atoms with Crippen LogP contribution in [0.3, 0.4) is 0 Å². The van der Waals surface area contributed by atoms with Gasteiger partial charge in [-0.1, -0.05) is 6.07 Å². The number of aliphatic carboxylic acids is 1. The average molecular weight is 425 g/mol. The lowest BCUT2D eigenvalue weighted by molar-refractivity contribution is -0.137. The van der Waals surface area contributed by atoms with Gasteiger partial charge in [0, 0.05) is 38.4 Å². The van der Waals surface area contributed by atoms with Crippen molar-refractivity contribution in [3.63, 3.8) is 0 Å². The molecule has 162 valence electrons. The number of carboxylic acids is 1. The van der Waals surface area contributed by atoms with E-state index in [0.717, 1.165) is 0 Å². The van der Waals surface area contributed by atoms with Crippen molar-refractivity contribution in [1.82, 2.24) is 15.2 Å². The van der Waals surface area contributed by atoms with Gasteiger partial charge in [0.1, 0.15) is 12.4 Å². The van der Waals surface area contributed by atoms with Crippen LogP contribution in [-0.2, 0) is 9.59 Å². The number of aromatic nitrogens is 1. The third-order valence-electron chi connectivity index (χ3n) is 4.82. The SMILES string of the molecule is CN1C(=O)CN(CCC(=O)O)C(=O)c2ccc(C(=O)NCCNc3ccccn3)cc21. The van der Waals surface area contributed by atoms with E-state index in [2.05, 4.69) is 15.6 Å². The van der Waals surface area contributed by atoms with Gasteiger partial charge < -0.3 is 25.5 Å². The molecule has 10 heteroatoms. The molecule has 2 aromatic rings. The van der Waals surface area contributed by atoms with Gasteiger partial charge in [-0.05, 0) is 30.3 Å². The number of carbonyl (C=O) groups excluding carboxylic acids is 3. The van der Waals surface area contributed by atoms with Crippen LogP contribution in [0.25, 0.3) is 0 Å². The van der Waals surface area contributed by atoms with Crippen molar-refractivity contribution in [2.24, 2.45) is 0 Å². The molecule has 0 atom stereocenters. The summed E-state index contributed by atoms with van der Waals surface area (Å²) in [5.41, 5.74) is 0.863. The number of hydrogen-bond donors (Lipinski definition) is 3. The normalized spacial score (nSPS) is 13.5. The Bertz CT molecular complexity index is 995. The van der Waals surface area contributed by atoms with Gasteiger partial charge in [-0.15, -0.1) is 0 Å². The Kier molecular flexibility index (Phi) is 6.81. The molecule has 0 spiro atoms. The zero-order valence-corrected chi connectivity index (χ0v) is 17.0. The summed E-state index contributed by atoms with van der Waals surface area (Å²) in [4.78, 5) is 55.3. The lowest BCUT2D eigenvalue weighted by atomic mass is 10.1. The summed E-state index contributed by atoms with van der Waals surface area (Å²) in [5, 5.41) is 14.7. The van der Waals surface area contributed by atoms with Crippen LogP contribution in [0.4, 0.5) is 11.5 Å². The van der Waals surface area contributed by atoms with Crippen LogP contribution in [0.5, 0.6) is 0 Å². The van der Waals surface area contributed by atoms with Gasteiger partial charge in [0.15, 0.2) is 0 Å². The van der Waals surface area contributed by atoms with E-state index in [1.807, 2.05) is 18.2 Å². The van der Waals surface area contributed by atoms with Gasteiger partial charge in [0.25, 0.3) is 11.8 Å². The summed E-state index contributed by atoms with van der Waals surface area (Å²) in [6, 6.07) is 9.97. The summed E-state index contributed by atoms with van der Waals surface area (Å²) in [7, 11) is 1.52. The van der Waals surface area contributed by atoms with E-state index >= 15 is 0 Å². The molecule has 1 aromatic heterocycles. The number of nitrogens with one attached hydrogen (secondary N) is 2. The fraction of sp³-hybridized carbons (Fsp3) is 0.286. The maximum atomic E-state index is 12.8. The van der Waals surface area contributed by atoms with E-state index < -0.39 is 11.9 Å². The molecule has 1 aromatic carbocycles. The third-order valence-corrected chi connectivity index (χ3v) is 4.82. The Morgan fingerprint density at radius 3 is 2.68 bits per heavy atom. The number of benzene rings is 1. The Morgan fingerprint density at radius 2 is 1.97 bits per heavy atom. The number of anilines is 2. The second-order valence-corrected chi connectivity index (χ2v) is 6.95. The van der Waals surface area contributed by atoms with Crippen molar-refractivity contribution < 1.29 is 24.3 Å². The van der Waals surface area contributed by atoms with E-state index in [4.69, 9.17) is 5.11 Å². The topological polar surface area (TPSA) is 132 Å². The third kappa shape index (κ3) is 5.35. The van der Waals surface area contributed by atoms with Crippen LogP contribution in [0.1, 0.15) is 27.1 Å². The maximum Gasteiger partial charge on any atom is 0.305 e. The van der Waals surface area contributed by atoms with Gasteiger partial charge >= 0.3 is 5.97 Å². The molecule has 0 saturated carbocycles. The minimum Gasteiger partial charge on any atom is -0.481 e. The monoisotopic (exact) mass is 425 g/mol. The number of nitrogens with zero attached hydrogens (tertiary/aromatic N) is 3. The van der Waals surface area contributed by atoms with Crippen molar-refractivity contribution in [2.45, 2.75) is 6.42 Å². The quantitative estimate of drug-likeness (QED) is 0.534. The second-order valence-electron chi connectivity index (χ2n) is 6.95. The number of rotatable bonds is 8. The molecule has 10 nitrogen and oxygen atoms in total. The summed E-state index contributed by atoms with van der Waals surface area (Å²) in [6.07, 6.45) is 1.41. The first kappa shape index (κ1) is 21.8. The van der Waals surface area contributed by atoms with Gasteiger partial charge in [-0.2, -0.15) is 0 Å². The molecule has 31 heavy (non-hydrogen) atoms. The number of hydrogen-bond acceptors (Lipinski definition) is 6. The van der Waals surface area contributed by atoms with Crippen LogP contribution in [0, 0.1) is 0 Å². The van der Waals surface area contributed by atoms with Crippen LogP contribution in [0.2, 0.25) is 0 Å². The van der Waals surface area contributed by atoms with E-state index in [-0.39, 0.29) is 36.9 Å². The highest BCUT2D eigenvalue weighted by molar-refractivity contribution is 6.10. The fourth-order valence-corrected chi connectivity index (χ4v) is 3.12. The standard InChI is InChI=1S/C21H23N5O5/c1-25-16-12-14(20(30)24-10-9-23-17-4-2-3-8-22-17)5-6-15(16)21(31)26(13-18(25)27)11-7-19(28)29/h2-6,8,12H,7,9-11,13H2,1H3,(H,22,23)(H,24,30)(H,28,29). The maximum absolute atomic E-state index is 12.8. The minimum atomic E-state index is -1.05. The van der Waals surface area contributed by atoms with Gasteiger partial charge in [0.05, 0.1) is 17.7 Å².